The number of nitrogens with one attached hydrogen (secondary N) is 2. The minimum atomic E-state index is -0.100. The molecule has 3 rings (SSSR count). The molecule has 1 aromatic carbocycles. The second kappa shape index (κ2) is 4.68. The van der Waals surface area contributed by atoms with Crippen molar-refractivity contribution in [1.29, 1.82) is 0 Å². The average Bonchev–Trinajstić information content (AvgIpc) is 2.97. The third kappa shape index (κ3) is 2.40. The third-order valence-corrected chi connectivity index (χ3v) is 3.13. The number of benzene rings is 1. The molecule has 1 aromatic heterocycles. The van der Waals surface area contributed by atoms with Gasteiger partial charge in [0.1, 0.15) is 0 Å². The zero-order valence-corrected chi connectivity index (χ0v) is 10.5. The average molecular weight is 258 g/mol. The van der Waals surface area contributed by atoms with Gasteiger partial charge in [0.05, 0.1) is 7.05 Å². The molecule has 0 saturated heterocycles. The number of nitrogens with zero attached hydrogens (tertiary/aromatic N) is 4. The molecule has 2 aromatic rings. The molecule has 19 heavy (non-hydrogen) atoms. The van der Waals surface area contributed by atoms with E-state index in [1.54, 1.807) is 7.05 Å². The molecule has 1 aliphatic rings. The minimum Gasteiger partial charge on any atom is -0.384 e. The summed E-state index contributed by atoms with van der Waals surface area (Å²) < 4.78 is 0. The summed E-state index contributed by atoms with van der Waals surface area (Å²) in [4.78, 5) is 13.2. The molecule has 1 atom stereocenters. The SMILES string of the molecule is Cn1nnc(NC(=O)CC2CNc3ccccc32)n1. The number of fused-ring (bicyclic) bond motifs is 1. The molecule has 2 N–H and O–H groups in total. The lowest BCUT2D eigenvalue weighted by Crippen LogP contribution is -2.17. The lowest BCUT2D eigenvalue weighted by Gasteiger charge is -2.08. The van der Waals surface area contributed by atoms with Crippen LogP contribution in [0.1, 0.15) is 17.9 Å². The van der Waals surface area contributed by atoms with Crippen LogP contribution in [0.15, 0.2) is 24.3 Å². The van der Waals surface area contributed by atoms with Crippen molar-refractivity contribution in [3.8, 4) is 0 Å². The zero-order chi connectivity index (χ0) is 13.2. The van der Waals surface area contributed by atoms with Gasteiger partial charge in [-0.2, -0.15) is 4.80 Å². The molecule has 0 spiro atoms. The monoisotopic (exact) mass is 258 g/mol. The molecule has 0 bridgehead atoms. The Kier molecular flexibility index (Phi) is 2.86. The van der Waals surface area contributed by atoms with Crippen molar-refractivity contribution in [2.45, 2.75) is 12.3 Å². The maximum Gasteiger partial charge on any atom is 0.270 e. The molecule has 0 aliphatic carbocycles. The van der Waals surface area contributed by atoms with Crippen molar-refractivity contribution in [1.82, 2.24) is 20.2 Å². The summed E-state index contributed by atoms with van der Waals surface area (Å²) in [6.07, 6.45) is 0.405. The van der Waals surface area contributed by atoms with E-state index in [1.807, 2.05) is 24.3 Å². The van der Waals surface area contributed by atoms with E-state index in [0.29, 0.717) is 6.42 Å². The summed E-state index contributed by atoms with van der Waals surface area (Å²) >= 11 is 0. The second-order valence-electron chi connectivity index (χ2n) is 4.52. The number of carbonyl (C=O) groups is 1. The van der Waals surface area contributed by atoms with Crippen molar-refractivity contribution < 1.29 is 4.79 Å². The van der Waals surface area contributed by atoms with Crippen LogP contribution in [0.2, 0.25) is 0 Å². The number of para-hydroxylation sites is 1. The van der Waals surface area contributed by atoms with Gasteiger partial charge >= 0.3 is 0 Å². The third-order valence-electron chi connectivity index (χ3n) is 3.13. The van der Waals surface area contributed by atoms with Crippen LogP contribution in [0, 0.1) is 0 Å². The van der Waals surface area contributed by atoms with Crippen LogP contribution in [-0.2, 0) is 11.8 Å². The van der Waals surface area contributed by atoms with E-state index in [-0.39, 0.29) is 17.8 Å². The summed E-state index contributed by atoms with van der Waals surface area (Å²) in [7, 11) is 1.65. The van der Waals surface area contributed by atoms with Gasteiger partial charge in [0, 0.05) is 24.6 Å². The Labute approximate surface area is 110 Å². The molecule has 0 radical (unpaired) electrons. The number of anilines is 2. The topological polar surface area (TPSA) is 84.7 Å². The highest BCUT2D eigenvalue weighted by molar-refractivity contribution is 5.89. The molecule has 0 fully saturated rings. The quantitative estimate of drug-likeness (QED) is 0.848. The number of aromatic nitrogens is 4. The Balaban J connectivity index is 1.65. The molecular formula is C12H14N6O. The molecule has 0 saturated carbocycles. The highest BCUT2D eigenvalue weighted by Gasteiger charge is 2.24. The molecule has 1 amide bonds. The first kappa shape index (κ1) is 11.6. The van der Waals surface area contributed by atoms with E-state index in [0.717, 1.165) is 12.2 Å². The van der Waals surface area contributed by atoms with Crippen LogP contribution in [-0.4, -0.2) is 32.7 Å². The number of tetrazole rings is 1. The summed E-state index contributed by atoms with van der Waals surface area (Å²) in [6.45, 7) is 0.778. The highest BCUT2D eigenvalue weighted by Crippen LogP contribution is 2.33. The summed E-state index contributed by atoms with van der Waals surface area (Å²) in [5, 5.41) is 17.3. The van der Waals surface area contributed by atoms with Crippen LogP contribution in [0.25, 0.3) is 0 Å². The van der Waals surface area contributed by atoms with E-state index < -0.39 is 0 Å². The predicted molar refractivity (Wildman–Crippen MR) is 69.7 cm³/mol. The Morgan fingerprint density at radius 2 is 2.37 bits per heavy atom. The Hall–Kier alpha value is -2.44. The minimum absolute atomic E-state index is 0.100. The van der Waals surface area contributed by atoms with Gasteiger partial charge in [0.15, 0.2) is 0 Å². The summed E-state index contributed by atoms with van der Waals surface area (Å²) in [5.74, 6) is 0.330. The maximum atomic E-state index is 11.9. The van der Waals surface area contributed by atoms with Gasteiger partial charge in [0.2, 0.25) is 5.91 Å². The van der Waals surface area contributed by atoms with Gasteiger partial charge in [-0.25, -0.2) is 0 Å². The first-order valence-electron chi connectivity index (χ1n) is 6.09. The Bertz CT molecular complexity index is 608. The largest absolute Gasteiger partial charge is 0.384 e. The van der Waals surface area contributed by atoms with Gasteiger partial charge in [-0.15, -0.1) is 5.10 Å². The second-order valence-corrected chi connectivity index (χ2v) is 4.52. The number of hydrogen-bond acceptors (Lipinski definition) is 5. The smallest absolute Gasteiger partial charge is 0.270 e. The van der Waals surface area contributed by atoms with E-state index in [1.165, 1.54) is 10.4 Å². The fraction of sp³-hybridized carbons (Fsp3) is 0.333. The first-order chi connectivity index (χ1) is 9.22. The van der Waals surface area contributed by atoms with Crippen LogP contribution < -0.4 is 10.6 Å². The summed E-state index contributed by atoms with van der Waals surface area (Å²) in [5.41, 5.74) is 2.29. The van der Waals surface area contributed by atoms with Crippen LogP contribution >= 0.6 is 0 Å². The number of aryl methyl sites for hydroxylation is 1. The number of rotatable bonds is 3. The highest BCUT2D eigenvalue weighted by atomic mass is 16.1. The lowest BCUT2D eigenvalue weighted by atomic mass is 9.98. The van der Waals surface area contributed by atoms with Crippen molar-refractivity contribution >= 4 is 17.5 Å². The van der Waals surface area contributed by atoms with Gasteiger partial charge in [0.25, 0.3) is 5.95 Å². The maximum absolute atomic E-state index is 11.9. The zero-order valence-electron chi connectivity index (χ0n) is 10.5. The lowest BCUT2D eigenvalue weighted by molar-refractivity contribution is -0.116. The normalized spacial score (nSPS) is 16.8. The van der Waals surface area contributed by atoms with Gasteiger partial charge in [-0.3, -0.25) is 10.1 Å². The summed E-state index contributed by atoms with van der Waals surface area (Å²) in [6, 6.07) is 8.05. The fourth-order valence-corrected chi connectivity index (χ4v) is 2.27. The van der Waals surface area contributed by atoms with Crippen LogP contribution in [0.3, 0.4) is 0 Å². The van der Waals surface area contributed by atoms with E-state index >= 15 is 0 Å². The molecule has 2 heterocycles. The molecule has 7 nitrogen and oxygen atoms in total. The van der Waals surface area contributed by atoms with Gasteiger partial charge < -0.3 is 5.32 Å². The van der Waals surface area contributed by atoms with E-state index in [4.69, 9.17) is 0 Å². The van der Waals surface area contributed by atoms with E-state index in [2.05, 4.69) is 26.0 Å². The molecule has 7 heteroatoms. The number of hydrogen-bond donors (Lipinski definition) is 2. The molecule has 1 unspecified atom stereocenters. The Morgan fingerprint density at radius 3 is 3.16 bits per heavy atom. The number of carbonyl (C=O) groups excluding carboxylic acids is 1. The van der Waals surface area contributed by atoms with Crippen molar-refractivity contribution in [3.05, 3.63) is 29.8 Å². The Morgan fingerprint density at radius 1 is 1.53 bits per heavy atom. The van der Waals surface area contributed by atoms with Crippen LogP contribution in [0.5, 0.6) is 0 Å². The van der Waals surface area contributed by atoms with Crippen molar-refractivity contribution in [2.75, 3.05) is 17.2 Å². The van der Waals surface area contributed by atoms with Gasteiger partial charge in [-0.1, -0.05) is 23.3 Å². The van der Waals surface area contributed by atoms with Crippen molar-refractivity contribution in [2.24, 2.45) is 7.05 Å². The first-order valence-corrected chi connectivity index (χ1v) is 6.09. The van der Waals surface area contributed by atoms with Gasteiger partial charge in [-0.05, 0) is 16.8 Å². The van der Waals surface area contributed by atoms with Crippen LogP contribution in [0.4, 0.5) is 11.6 Å². The van der Waals surface area contributed by atoms with E-state index in [9.17, 15) is 4.79 Å². The van der Waals surface area contributed by atoms with Crippen molar-refractivity contribution in [3.63, 3.8) is 0 Å². The molecule has 98 valence electrons. The standard InChI is InChI=1S/C12H14N6O/c1-18-16-12(15-17-18)14-11(19)6-8-7-13-10-5-3-2-4-9(8)10/h2-5,8,13H,6-7H2,1H3,(H,14,16,19). The predicted octanol–water partition coefficient (Wildman–Crippen LogP) is 0.748. The fourth-order valence-electron chi connectivity index (χ4n) is 2.27. The molecular weight excluding hydrogens is 244 g/mol. The number of amides is 1. The molecule has 1 aliphatic heterocycles.